The lowest BCUT2D eigenvalue weighted by molar-refractivity contribution is 1.19. The summed E-state index contributed by atoms with van der Waals surface area (Å²) >= 11 is 1.77. The van der Waals surface area contributed by atoms with Crippen LogP contribution in [0.2, 0.25) is 0 Å². The number of para-hydroxylation sites is 2. The molecule has 0 aliphatic rings. The second kappa shape index (κ2) is 10.7. The van der Waals surface area contributed by atoms with Gasteiger partial charge in [0.1, 0.15) is 0 Å². The third-order valence-corrected chi connectivity index (χ3v) is 10.5. The maximum Gasteiger partial charge on any atom is 0.160 e. The summed E-state index contributed by atoms with van der Waals surface area (Å²) in [6.45, 7) is 0. The average Bonchev–Trinajstić information content (AvgIpc) is 3.70. The molecule has 3 nitrogen and oxygen atoms in total. The zero-order valence-corrected chi connectivity index (χ0v) is 26.7. The first kappa shape index (κ1) is 27.1. The van der Waals surface area contributed by atoms with Gasteiger partial charge >= 0.3 is 0 Å². The largest absolute Gasteiger partial charge is 0.309 e. The van der Waals surface area contributed by atoms with Crippen molar-refractivity contribution in [1.82, 2.24) is 14.5 Å². The van der Waals surface area contributed by atoms with Crippen molar-refractivity contribution < 1.29 is 0 Å². The molecule has 7 aromatic carbocycles. The fourth-order valence-corrected chi connectivity index (χ4v) is 8.28. The Morgan fingerprint density at radius 2 is 1.04 bits per heavy atom. The summed E-state index contributed by atoms with van der Waals surface area (Å²) < 4.78 is 4.70. The van der Waals surface area contributed by atoms with Gasteiger partial charge in [-0.3, -0.25) is 0 Å². The van der Waals surface area contributed by atoms with Gasteiger partial charge in [-0.05, 0) is 58.3 Å². The van der Waals surface area contributed by atoms with Crippen LogP contribution in [0.3, 0.4) is 0 Å². The van der Waals surface area contributed by atoms with Crippen LogP contribution in [0.1, 0.15) is 0 Å². The van der Waals surface area contributed by atoms with Gasteiger partial charge in [0, 0.05) is 37.7 Å². The van der Waals surface area contributed by atoms with Gasteiger partial charge in [-0.25, -0.2) is 9.97 Å². The minimum Gasteiger partial charge on any atom is -0.309 e. The predicted octanol–water partition coefficient (Wildman–Crippen LogP) is 12.1. The Morgan fingerprint density at radius 3 is 1.79 bits per heavy atom. The summed E-state index contributed by atoms with van der Waals surface area (Å²) in [7, 11) is 0. The zero-order chi connectivity index (χ0) is 31.6. The van der Waals surface area contributed by atoms with Crippen molar-refractivity contribution in [2.45, 2.75) is 0 Å². The molecule has 3 aromatic heterocycles. The van der Waals surface area contributed by atoms with Crippen molar-refractivity contribution in [3.8, 4) is 39.5 Å². The average molecular weight is 630 g/mol. The maximum atomic E-state index is 5.13. The molecular weight excluding hydrogens is 603 g/mol. The van der Waals surface area contributed by atoms with Crippen LogP contribution >= 0.6 is 11.3 Å². The molecule has 0 saturated heterocycles. The monoisotopic (exact) mass is 629 g/mol. The Labute approximate surface area is 281 Å². The highest BCUT2D eigenvalue weighted by molar-refractivity contribution is 7.26. The van der Waals surface area contributed by atoms with Crippen LogP contribution < -0.4 is 0 Å². The lowest BCUT2D eigenvalue weighted by Crippen LogP contribution is -1.93. The van der Waals surface area contributed by atoms with Crippen LogP contribution in [-0.4, -0.2) is 14.5 Å². The first-order valence-electron chi connectivity index (χ1n) is 16.2. The summed E-state index contributed by atoms with van der Waals surface area (Å²) in [6, 6.07) is 58.4. The van der Waals surface area contributed by atoms with E-state index < -0.39 is 0 Å². The summed E-state index contributed by atoms with van der Waals surface area (Å²) in [5.41, 5.74) is 10.1. The third kappa shape index (κ3) is 4.27. The lowest BCUT2D eigenvalue weighted by Gasteiger charge is -2.10. The van der Waals surface area contributed by atoms with E-state index >= 15 is 0 Å². The second-order valence-electron chi connectivity index (χ2n) is 12.2. The molecule has 0 amide bonds. The van der Waals surface area contributed by atoms with Crippen LogP contribution in [0, 0.1) is 0 Å². The molecule has 0 N–H and O–H groups in total. The van der Waals surface area contributed by atoms with Gasteiger partial charge in [0.05, 0.1) is 26.9 Å². The molecular formula is C44H27N3S. The van der Waals surface area contributed by atoms with Crippen LogP contribution in [0.4, 0.5) is 0 Å². The second-order valence-corrected chi connectivity index (χ2v) is 13.3. The maximum absolute atomic E-state index is 5.13. The number of hydrogen-bond acceptors (Lipinski definition) is 3. The van der Waals surface area contributed by atoms with E-state index in [1.165, 1.54) is 54.1 Å². The van der Waals surface area contributed by atoms with E-state index in [9.17, 15) is 0 Å². The fraction of sp³-hybridized carbons (Fsp3) is 0. The van der Waals surface area contributed by atoms with Gasteiger partial charge in [-0.15, -0.1) is 11.3 Å². The van der Waals surface area contributed by atoms with Gasteiger partial charge in [0.25, 0.3) is 0 Å². The lowest BCUT2D eigenvalue weighted by atomic mass is 10.00. The first-order valence-corrected chi connectivity index (χ1v) is 17.0. The van der Waals surface area contributed by atoms with Crippen molar-refractivity contribution >= 4 is 64.2 Å². The van der Waals surface area contributed by atoms with Crippen molar-refractivity contribution in [1.29, 1.82) is 0 Å². The number of aromatic nitrogens is 3. The standard InChI is InChI=1S/C44H27N3S/c1-3-11-28(12-4-1)41-43-42(46-44(45-41)29-13-5-2-6-14-29)37-24-22-33(27-40(37)48-43)30-19-20-32-26-34(23-21-31(32)25-30)47-38-17-9-7-15-35(38)36-16-8-10-18-39(36)47/h1-27H. The topological polar surface area (TPSA) is 30.7 Å². The number of thiophene rings is 1. The van der Waals surface area contributed by atoms with E-state index in [-0.39, 0.29) is 0 Å². The molecule has 0 atom stereocenters. The molecule has 10 aromatic rings. The highest BCUT2D eigenvalue weighted by atomic mass is 32.1. The van der Waals surface area contributed by atoms with Crippen molar-refractivity contribution in [3.63, 3.8) is 0 Å². The molecule has 0 spiro atoms. The number of hydrogen-bond donors (Lipinski definition) is 0. The molecule has 10 rings (SSSR count). The Morgan fingerprint density at radius 1 is 0.438 bits per heavy atom. The Hall–Kier alpha value is -6.10. The predicted molar refractivity (Wildman–Crippen MR) is 203 cm³/mol. The van der Waals surface area contributed by atoms with E-state index in [2.05, 4.69) is 144 Å². The SMILES string of the molecule is c1ccc(-c2nc(-c3ccccc3)c3sc4cc(-c5ccc6cc(-n7c8ccccc8c8ccccc87)ccc6c5)ccc4c3n2)cc1. The van der Waals surface area contributed by atoms with Gasteiger partial charge in [-0.2, -0.15) is 0 Å². The molecule has 4 heteroatoms. The van der Waals surface area contributed by atoms with E-state index in [4.69, 9.17) is 9.97 Å². The highest BCUT2D eigenvalue weighted by Crippen LogP contribution is 2.41. The Kier molecular flexibility index (Phi) is 6.05. The van der Waals surface area contributed by atoms with Gasteiger partial charge in [0.2, 0.25) is 0 Å². The summed E-state index contributed by atoms with van der Waals surface area (Å²) in [4.78, 5) is 10.2. The normalized spacial score (nSPS) is 11.8. The first-order chi connectivity index (χ1) is 23.8. The molecule has 0 radical (unpaired) electrons. The Bertz CT molecular complexity index is 2780. The zero-order valence-electron chi connectivity index (χ0n) is 25.8. The highest BCUT2D eigenvalue weighted by Gasteiger charge is 2.17. The molecule has 0 bridgehead atoms. The number of fused-ring (bicyclic) bond motifs is 7. The molecule has 224 valence electrons. The summed E-state index contributed by atoms with van der Waals surface area (Å²) in [5.74, 6) is 0.750. The Balaban J connectivity index is 1.09. The molecule has 0 aliphatic heterocycles. The third-order valence-electron chi connectivity index (χ3n) is 9.39. The van der Waals surface area contributed by atoms with E-state index in [1.807, 2.05) is 24.3 Å². The molecule has 48 heavy (non-hydrogen) atoms. The van der Waals surface area contributed by atoms with E-state index in [0.29, 0.717) is 0 Å². The minimum atomic E-state index is 0.750. The van der Waals surface area contributed by atoms with Gasteiger partial charge < -0.3 is 4.57 Å². The van der Waals surface area contributed by atoms with Crippen LogP contribution in [0.5, 0.6) is 0 Å². The van der Waals surface area contributed by atoms with Crippen LogP contribution in [0.15, 0.2) is 164 Å². The summed E-state index contributed by atoms with van der Waals surface area (Å²) in [6.07, 6.45) is 0. The van der Waals surface area contributed by atoms with Crippen molar-refractivity contribution in [2.24, 2.45) is 0 Å². The molecule has 3 heterocycles. The smallest absolute Gasteiger partial charge is 0.160 e. The van der Waals surface area contributed by atoms with Crippen molar-refractivity contribution in [3.05, 3.63) is 164 Å². The van der Waals surface area contributed by atoms with Crippen LogP contribution in [0.25, 0.3) is 92.3 Å². The van der Waals surface area contributed by atoms with Crippen LogP contribution in [-0.2, 0) is 0 Å². The van der Waals surface area contributed by atoms with Crippen molar-refractivity contribution in [2.75, 3.05) is 0 Å². The number of benzene rings is 7. The fourth-order valence-electron chi connectivity index (χ4n) is 7.08. The van der Waals surface area contributed by atoms with E-state index in [0.717, 1.165) is 38.2 Å². The van der Waals surface area contributed by atoms with E-state index in [1.54, 1.807) is 11.3 Å². The molecule has 0 saturated carbocycles. The van der Waals surface area contributed by atoms with Gasteiger partial charge in [-0.1, -0.05) is 127 Å². The number of rotatable bonds is 4. The van der Waals surface area contributed by atoms with Gasteiger partial charge in [0.15, 0.2) is 5.82 Å². The number of nitrogens with zero attached hydrogens (tertiary/aromatic N) is 3. The molecule has 0 fully saturated rings. The minimum absolute atomic E-state index is 0.750. The molecule has 0 unspecified atom stereocenters. The molecule has 0 aliphatic carbocycles. The quantitative estimate of drug-likeness (QED) is 0.194. The summed E-state index contributed by atoms with van der Waals surface area (Å²) in [5, 5.41) is 6.15.